The number of benzene rings is 1. The van der Waals surface area contributed by atoms with E-state index < -0.39 is 103 Å². The van der Waals surface area contributed by atoms with Gasteiger partial charge in [0.1, 0.15) is 42.6 Å². The Morgan fingerprint density at radius 1 is 0.845 bits per heavy atom. The van der Waals surface area contributed by atoms with Gasteiger partial charge in [-0.2, -0.15) is 0 Å². The van der Waals surface area contributed by atoms with E-state index in [1.807, 2.05) is 0 Å². The van der Waals surface area contributed by atoms with E-state index in [2.05, 4.69) is 33.5 Å². The van der Waals surface area contributed by atoms with Crippen LogP contribution in [0.25, 0.3) is 0 Å². The van der Waals surface area contributed by atoms with Gasteiger partial charge >= 0.3 is 5.97 Å². The number of ether oxygens (including phenoxy) is 1. The lowest BCUT2D eigenvalue weighted by Crippen LogP contribution is -2.60. The fourth-order valence-electron chi connectivity index (χ4n) is 6.17. The van der Waals surface area contributed by atoms with Gasteiger partial charge in [0.2, 0.25) is 35.4 Å². The van der Waals surface area contributed by atoms with Gasteiger partial charge in [0.25, 0.3) is 0 Å². The number of phenols is 1. The molecule has 0 spiro atoms. The third-order valence-electron chi connectivity index (χ3n) is 9.80. The number of aliphatic hydroxyl groups is 2. The number of phenolic OH excluding ortho intramolecular Hbond substituents is 1. The van der Waals surface area contributed by atoms with Gasteiger partial charge in [-0.1, -0.05) is 91.4 Å². The number of unbranched alkanes of at least 4 members (excludes halogenated alkanes) is 6. The van der Waals surface area contributed by atoms with E-state index in [9.17, 15) is 48.9 Å². The zero-order valence-corrected chi connectivity index (χ0v) is 34.6. The first-order chi connectivity index (χ1) is 27.5. The molecule has 1 aliphatic rings. The van der Waals surface area contributed by atoms with Crippen molar-refractivity contribution in [3.8, 4) is 5.75 Å². The average molecular weight is 817 g/mol. The molecule has 0 fully saturated rings. The Kier molecular flexibility index (Phi) is 21.5. The number of carbonyl (C=O) groups is 7. The van der Waals surface area contributed by atoms with Crippen LogP contribution in [0.2, 0.25) is 0 Å². The summed E-state index contributed by atoms with van der Waals surface area (Å²) in [5, 5.41) is 42.2. The molecule has 8 N–H and O–H groups in total. The van der Waals surface area contributed by atoms with Crippen LogP contribution in [0.3, 0.4) is 0 Å². The highest BCUT2D eigenvalue weighted by Gasteiger charge is 2.36. The standard InChI is InChI=1S/C41H64N6O11/c1-7-8-9-10-11-12-13-14-33(51)43-30(22-48)37(53)44-31(23-49)38(54)46-35(25(2)3)39(55)42-28-17-20-34(52)45-36(26(4)5)40(56)47(6)32(41(57)58-24-28)21-27-15-18-29(50)19-16-27/h15-20,25-26,28,30-32,35-36,48-50H,7-14,21-24H2,1-6H3,(H,42,55)(H,43,51)(H,44,53)(H,45,52)(H,46,54)/t28-,30+,31+,32+,35+,36+/m1/s1. The van der Waals surface area contributed by atoms with Crippen molar-refractivity contribution in [2.75, 3.05) is 26.9 Å². The average Bonchev–Trinajstić information content (AvgIpc) is 3.18. The molecule has 0 aromatic heterocycles. The van der Waals surface area contributed by atoms with Crippen LogP contribution in [-0.2, 0) is 44.7 Å². The summed E-state index contributed by atoms with van der Waals surface area (Å²) in [6, 6.07) is -1.35. The number of nitrogens with one attached hydrogen (secondary N) is 5. The second-order valence-electron chi connectivity index (χ2n) is 15.3. The monoisotopic (exact) mass is 816 g/mol. The molecule has 324 valence electrons. The maximum atomic E-state index is 13.7. The summed E-state index contributed by atoms with van der Waals surface area (Å²) in [7, 11) is 1.42. The molecular weight excluding hydrogens is 752 g/mol. The lowest BCUT2D eigenvalue weighted by atomic mass is 9.99. The minimum Gasteiger partial charge on any atom is -0.508 e. The number of amides is 6. The Morgan fingerprint density at radius 2 is 1.43 bits per heavy atom. The van der Waals surface area contributed by atoms with Gasteiger partial charge in [-0.15, -0.1) is 0 Å². The number of aliphatic hydroxyl groups excluding tert-OH is 2. The summed E-state index contributed by atoms with van der Waals surface area (Å²) in [6.45, 7) is 6.78. The molecule has 1 aromatic carbocycles. The van der Waals surface area contributed by atoms with Crippen molar-refractivity contribution in [3.63, 3.8) is 0 Å². The molecule has 1 aliphatic heterocycles. The largest absolute Gasteiger partial charge is 0.508 e. The molecule has 6 amide bonds. The minimum atomic E-state index is -1.55. The quantitative estimate of drug-likeness (QED) is 0.0635. The molecule has 1 heterocycles. The van der Waals surface area contributed by atoms with Crippen molar-refractivity contribution in [2.24, 2.45) is 11.8 Å². The molecule has 17 nitrogen and oxygen atoms in total. The predicted molar refractivity (Wildman–Crippen MR) is 215 cm³/mol. The van der Waals surface area contributed by atoms with Crippen LogP contribution in [0.15, 0.2) is 36.4 Å². The second kappa shape index (κ2) is 25.4. The number of rotatable bonds is 21. The van der Waals surface area contributed by atoms with E-state index in [-0.39, 0.29) is 24.5 Å². The van der Waals surface area contributed by atoms with Crippen LogP contribution < -0.4 is 26.6 Å². The normalized spacial score (nSPS) is 19.2. The molecule has 58 heavy (non-hydrogen) atoms. The highest BCUT2D eigenvalue weighted by atomic mass is 16.5. The SMILES string of the molecule is CCCCCCCCCC(=O)N[C@@H](CO)C(=O)N[C@@H](CO)C(=O)N[C@H](C(=O)N[C@@H]1C=CC(=O)N[C@@H](C(C)C)C(=O)N(C)[C@@H](Cc2ccc(O)cc2)C(=O)OC1)C(C)C. The first kappa shape index (κ1) is 49.1. The Labute approximate surface area is 341 Å². The fourth-order valence-corrected chi connectivity index (χ4v) is 6.17. The number of hydrogen-bond donors (Lipinski definition) is 8. The molecule has 0 unspecified atom stereocenters. The van der Waals surface area contributed by atoms with Crippen LogP contribution >= 0.6 is 0 Å². The van der Waals surface area contributed by atoms with Gasteiger partial charge in [-0.25, -0.2) is 4.79 Å². The van der Waals surface area contributed by atoms with Crippen molar-refractivity contribution >= 4 is 41.4 Å². The number of cyclic esters (lactones) is 1. The maximum absolute atomic E-state index is 13.7. The van der Waals surface area contributed by atoms with Gasteiger partial charge in [0.15, 0.2) is 0 Å². The molecule has 0 radical (unpaired) electrons. The van der Waals surface area contributed by atoms with Crippen molar-refractivity contribution in [3.05, 3.63) is 42.0 Å². The van der Waals surface area contributed by atoms with Crippen LogP contribution in [0, 0.1) is 11.8 Å². The Hall–Kier alpha value is -5.03. The van der Waals surface area contributed by atoms with Gasteiger partial charge in [0, 0.05) is 26.0 Å². The van der Waals surface area contributed by atoms with Crippen LogP contribution in [0.1, 0.15) is 91.5 Å². The zero-order valence-electron chi connectivity index (χ0n) is 34.6. The van der Waals surface area contributed by atoms with Crippen molar-refractivity contribution < 1.29 is 53.6 Å². The Morgan fingerprint density at radius 3 is 2.02 bits per heavy atom. The summed E-state index contributed by atoms with van der Waals surface area (Å²) in [5.74, 6) is -5.89. The summed E-state index contributed by atoms with van der Waals surface area (Å²) in [5.41, 5.74) is 0.615. The fraction of sp³-hybridized carbons (Fsp3) is 0.634. The molecule has 2 rings (SSSR count). The molecule has 0 aliphatic carbocycles. The van der Waals surface area contributed by atoms with Crippen LogP contribution in [0.4, 0.5) is 0 Å². The van der Waals surface area contributed by atoms with E-state index in [0.717, 1.165) is 38.2 Å². The minimum absolute atomic E-state index is 0.0137. The van der Waals surface area contributed by atoms with Crippen LogP contribution in [0.5, 0.6) is 5.75 Å². The third-order valence-corrected chi connectivity index (χ3v) is 9.80. The lowest BCUT2D eigenvalue weighted by Gasteiger charge is -2.32. The number of nitrogens with zero attached hydrogens (tertiary/aromatic N) is 1. The van der Waals surface area contributed by atoms with Gasteiger partial charge in [0.05, 0.1) is 19.3 Å². The number of aromatic hydroxyl groups is 1. The zero-order chi connectivity index (χ0) is 43.4. The molecule has 17 heteroatoms. The molecular formula is C41H64N6O11. The lowest BCUT2D eigenvalue weighted by molar-refractivity contribution is -0.156. The van der Waals surface area contributed by atoms with E-state index in [1.165, 1.54) is 36.6 Å². The smallest absolute Gasteiger partial charge is 0.329 e. The first-order valence-electron chi connectivity index (χ1n) is 20.1. The Balaban J connectivity index is 2.17. The molecule has 0 saturated heterocycles. The Bertz CT molecular complexity index is 1550. The summed E-state index contributed by atoms with van der Waals surface area (Å²) in [6.07, 6.45) is 9.53. The molecule has 1 aromatic rings. The molecule has 6 atom stereocenters. The van der Waals surface area contributed by atoms with Crippen molar-refractivity contribution in [1.29, 1.82) is 0 Å². The van der Waals surface area contributed by atoms with Crippen LogP contribution in [-0.4, -0.2) is 125 Å². The number of esters is 1. The van der Waals surface area contributed by atoms with Crippen molar-refractivity contribution in [2.45, 2.75) is 129 Å². The summed E-state index contributed by atoms with van der Waals surface area (Å²) < 4.78 is 5.61. The van der Waals surface area contributed by atoms with Gasteiger partial charge in [-0.05, 0) is 36.0 Å². The maximum Gasteiger partial charge on any atom is 0.329 e. The predicted octanol–water partition coefficient (Wildman–Crippen LogP) is 0.736. The number of carbonyl (C=O) groups excluding carboxylic acids is 7. The summed E-state index contributed by atoms with van der Waals surface area (Å²) in [4.78, 5) is 93.8. The topological polar surface area (TPSA) is 253 Å². The van der Waals surface area contributed by atoms with E-state index in [1.54, 1.807) is 39.8 Å². The number of likely N-dealkylation sites (N-methyl/N-ethyl adjacent to an activating group) is 1. The third kappa shape index (κ3) is 16.4. The van der Waals surface area contributed by atoms with E-state index in [0.29, 0.717) is 12.0 Å². The molecule has 0 saturated carbocycles. The highest BCUT2D eigenvalue weighted by molar-refractivity contribution is 5.96. The van der Waals surface area contributed by atoms with Gasteiger partial charge < -0.3 is 51.5 Å². The molecule has 0 bridgehead atoms. The number of hydrogen-bond acceptors (Lipinski definition) is 11. The van der Waals surface area contributed by atoms with E-state index in [4.69, 9.17) is 4.74 Å². The highest BCUT2D eigenvalue weighted by Crippen LogP contribution is 2.17. The van der Waals surface area contributed by atoms with Gasteiger partial charge in [-0.3, -0.25) is 28.8 Å². The van der Waals surface area contributed by atoms with Crippen molar-refractivity contribution in [1.82, 2.24) is 31.5 Å². The summed E-state index contributed by atoms with van der Waals surface area (Å²) >= 11 is 0. The van der Waals surface area contributed by atoms with E-state index >= 15 is 0 Å². The first-order valence-corrected chi connectivity index (χ1v) is 20.1. The second-order valence-corrected chi connectivity index (χ2v) is 15.3.